The smallest absolute Gasteiger partial charge is 0.0481 e. The third kappa shape index (κ3) is 3.18. The first kappa shape index (κ1) is 12.3. The molecule has 2 atom stereocenters. The second-order valence-electron chi connectivity index (χ2n) is 4.47. The van der Waals surface area contributed by atoms with Crippen LogP contribution in [0, 0.1) is 5.92 Å². The van der Waals surface area contributed by atoms with Crippen LogP contribution in [0.1, 0.15) is 12.0 Å². The van der Waals surface area contributed by atoms with Gasteiger partial charge in [-0.1, -0.05) is 52.9 Å². The molecule has 1 aromatic carbocycles. The number of nitrogens with zero attached hydrogens (tertiary/aromatic N) is 1. The Labute approximate surface area is 111 Å². The van der Waals surface area contributed by atoms with E-state index < -0.39 is 0 Å². The van der Waals surface area contributed by atoms with Crippen molar-refractivity contribution in [2.45, 2.75) is 16.9 Å². The lowest BCUT2D eigenvalue weighted by atomic mass is 9.98. The fraction of sp³-hybridized carbons (Fsp3) is 0.538. The molecule has 16 heavy (non-hydrogen) atoms. The van der Waals surface area contributed by atoms with Crippen LogP contribution in [-0.2, 0) is 6.54 Å². The highest BCUT2D eigenvalue weighted by atomic mass is 127. The molecule has 1 aliphatic heterocycles. The molecule has 1 aliphatic rings. The normalized spacial score (nSPS) is 26.9. The van der Waals surface area contributed by atoms with E-state index in [2.05, 4.69) is 57.8 Å². The number of alkyl halides is 1. The van der Waals surface area contributed by atoms with Crippen LogP contribution in [0.3, 0.4) is 0 Å². The summed E-state index contributed by atoms with van der Waals surface area (Å²) in [5, 5.41) is 9.31. The van der Waals surface area contributed by atoms with Crippen molar-refractivity contribution in [1.82, 2.24) is 4.90 Å². The highest BCUT2D eigenvalue weighted by molar-refractivity contribution is 14.1. The minimum Gasteiger partial charge on any atom is -0.396 e. The zero-order valence-electron chi connectivity index (χ0n) is 9.35. The summed E-state index contributed by atoms with van der Waals surface area (Å²) in [5.74, 6) is 0.443. The standard InChI is InChI=1S/C13H18INO/c14-13-6-7-15(9-12(13)10-16)8-11-4-2-1-3-5-11/h1-5,12-13,16H,6-10H2/t12-,13+/m0/s1. The van der Waals surface area contributed by atoms with Gasteiger partial charge in [0, 0.05) is 29.5 Å². The summed E-state index contributed by atoms with van der Waals surface area (Å²) >= 11 is 2.47. The van der Waals surface area contributed by atoms with Gasteiger partial charge in [0.2, 0.25) is 0 Å². The van der Waals surface area contributed by atoms with Crippen LogP contribution in [0.4, 0.5) is 0 Å². The first-order chi connectivity index (χ1) is 7.79. The number of hydrogen-bond acceptors (Lipinski definition) is 2. The Morgan fingerprint density at radius 3 is 2.75 bits per heavy atom. The summed E-state index contributed by atoms with van der Waals surface area (Å²) in [4.78, 5) is 2.45. The Morgan fingerprint density at radius 2 is 2.06 bits per heavy atom. The summed E-state index contributed by atoms with van der Waals surface area (Å²) in [7, 11) is 0. The molecule has 0 saturated carbocycles. The molecule has 0 unspecified atom stereocenters. The Bertz CT molecular complexity index is 317. The minimum absolute atomic E-state index is 0.318. The van der Waals surface area contributed by atoms with Crippen LogP contribution in [0.5, 0.6) is 0 Å². The van der Waals surface area contributed by atoms with Crippen LogP contribution in [0.2, 0.25) is 0 Å². The zero-order chi connectivity index (χ0) is 11.4. The third-order valence-corrected chi connectivity index (χ3v) is 4.85. The molecule has 0 spiro atoms. The van der Waals surface area contributed by atoms with Crippen LogP contribution < -0.4 is 0 Å². The Hall–Kier alpha value is -0.130. The van der Waals surface area contributed by atoms with E-state index in [1.54, 1.807) is 0 Å². The molecular weight excluding hydrogens is 313 g/mol. The molecule has 2 rings (SSSR count). The number of likely N-dealkylation sites (tertiary alicyclic amines) is 1. The van der Waals surface area contributed by atoms with E-state index in [1.807, 2.05) is 0 Å². The van der Waals surface area contributed by atoms with Crippen molar-refractivity contribution in [1.29, 1.82) is 0 Å². The fourth-order valence-corrected chi connectivity index (χ4v) is 2.97. The van der Waals surface area contributed by atoms with Crippen LogP contribution >= 0.6 is 22.6 Å². The lowest BCUT2D eigenvalue weighted by Gasteiger charge is -2.35. The van der Waals surface area contributed by atoms with E-state index in [1.165, 1.54) is 12.0 Å². The summed E-state index contributed by atoms with van der Waals surface area (Å²) in [6.07, 6.45) is 1.19. The van der Waals surface area contributed by atoms with Crippen LogP contribution in [0.25, 0.3) is 0 Å². The predicted octanol–water partition coefficient (Wildman–Crippen LogP) is 2.30. The molecule has 0 aromatic heterocycles. The molecule has 1 aromatic rings. The summed E-state index contributed by atoms with van der Waals surface area (Å²) < 4.78 is 0.634. The van der Waals surface area contributed by atoms with Crippen molar-refractivity contribution in [3.8, 4) is 0 Å². The van der Waals surface area contributed by atoms with Gasteiger partial charge < -0.3 is 5.11 Å². The molecule has 3 heteroatoms. The van der Waals surface area contributed by atoms with E-state index in [4.69, 9.17) is 0 Å². The monoisotopic (exact) mass is 331 g/mol. The van der Waals surface area contributed by atoms with Crippen molar-refractivity contribution >= 4 is 22.6 Å². The van der Waals surface area contributed by atoms with Gasteiger partial charge >= 0.3 is 0 Å². The highest BCUT2D eigenvalue weighted by Gasteiger charge is 2.26. The van der Waals surface area contributed by atoms with Crippen LogP contribution in [-0.4, -0.2) is 33.6 Å². The third-order valence-electron chi connectivity index (χ3n) is 3.21. The Kier molecular flexibility index (Phi) is 4.61. The van der Waals surface area contributed by atoms with Crippen molar-refractivity contribution < 1.29 is 5.11 Å². The SMILES string of the molecule is OC[C@@H]1CN(Cc2ccccc2)CC[C@H]1I. The Balaban J connectivity index is 1.92. The topological polar surface area (TPSA) is 23.5 Å². The molecular formula is C13H18INO. The second-order valence-corrected chi connectivity index (χ2v) is 6.07. The molecule has 0 amide bonds. The van der Waals surface area contributed by atoms with Crippen molar-refractivity contribution in [2.24, 2.45) is 5.92 Å². The molecule has 88 valence electrons. The summed E-state index contributed by atoms with van der Waals surface area (Å²) in [6.45, 7) is 3.51. The molecule has 0 radical (unpaired) electrons. The summed E-state index contributed by atoms with van der Waals surface area (Å²) in [5.41, 5.74) is 1.37. The zero-order valence-corrected chi connectivity index (χ0v) is 11.5. The van der Waals surface area contributed by atoms with Crippen molar-refractivity contribution in [2.75, 3.05) is 19.7 Å². The number of rotatable bonds is 3. The fourth-order valence-electron chi connectivity index (χ4n) is 2.24. The maximum Gasteiger partial charge on any atom is 0.0481 e. The molecule has 0 bridgehead atoms. The average molecular weight is 331 g/mol. The maximum absolute atomic E-state index is 9.31. The largest absolute Gasteiger partial charge is 0.396 e. The number of benzene rings is 1. The molecule has 1 N–H and O–H groups in total. The van der Waals surface area contributed by atoms with Gasteiger partial charge in [-0.05, 0) is 18.5 Å². The number of piperidine rings is 1. The van der Waals surface area contributed by atoms with Gasteiger partial charge in [-0.15, -0.1) is 0 Å². The first-order valence-electron chi connectivity index (χ1n) is 5.81. The quantitative estimate of drug-likeness (QED) is 0.679. The predicted molar refractivity (Wildman–Crippen MR) is 74.7 cm³/mol. The van der Waals surface area contributed by atoms with E-state index in [0.29, 0.717) is 16.4 Å². The molecule has 1 heterocycles. The van der Waals surface area contributed by atoms with Crippen molar-refractivity contribution in [3.05, 3.63) is 35.9 Å². The van der Waals surface area contributed by atoms with Gasteiger partial charge in [0.15, 0.2) is 0 Å². The van der Waals surface area contributed by atoms with E-state index in [9.17, 15) is 5.11 Å². The minimum atomic E-state index is 0.318. The number of hydrogen-bond donors (Lipinski definition) is 1. The molecule has 1 fully saturated rings. The number of halogens is 1. The molecule has 1 saturated heterocycles. The number of aliphatic hydroxyl groups excluding tert-OH is 1. The highest BCUT2D eigenvalue weighted by Crippen LogP contribution is 2.24. The van der Waals surface area contributed by atoms with Gasteiger partial charge in [-0.2, -0.15) is 0 Å². The first-order valence-corrected chi connectivity index (χ1v) is 7.05. The van der Waals surface area contributed by atoms with Gasteiger partial charge in [-0.25, -0.2) is 0 Å². The van der Waals surface area contributed by atoms with Gasteiger partial charge in [-0.3, -0.25) is 4.90 Å². The van der Waals surface area contributed by atoms with E-state index >= 15 is 0 Å². The van der Waals surface area contributed by atoms with Gasteiger partial charge in [0.25, 0.3) is 0 Å². The maximum atomic E-state index is 9.31. The van der Waals surface area contributed by atoms with E-state index in [-0.39, 0.29) is 0 Å². The second kappa shape index (κ2) is 5.98. The van der Waals surface area contributed by atoms with Crippen LogP contribution in [0.15, 0.2) is 30.3 Å². The van der Waals surface area contributed by atoms with Gasteiger partial charge in [0.05, 0.1) is 0 Å². The lowest BCUT2D eigenvalue weighted by molar-refractivity contribution is 0.125. The average Bonchev–Trinajstić information content (AvgIpc) is 2.33. The number of aliphatic hydroxyl groups is 1. The molecule has 2 nitrogen and oxygen atoms in total. The molecule has 0 aliphatic carbocycles. The van der Waals surface area contributed by atoms with Gasteiger partial charge in [0.1, 0.15) is 0 Å². The van der Waals surface area contributed by atoms with E-state index in [0.717, 1.165) is 19.6 Å². The lowest BCUT2D eigenvalue weighted by Crippen LogP contribution is -2.41. The summed E-state index contributed by atoms with van der Waals surface area (Å²) in [6, 6.07) is 10.6. The Morgan fingerprint density at radius 1 is 1.31 bits per heavy atom. The van der Waals surface area contributed by atoms with Crippen molar-refractivity contribution in [3.63, 3.8) is 0 Å².